The second kappa shape index (κ2) is 6.57. The number of ether oxygens (including phenoxy) is 2. The van der Waals surface area contributed by atoms with Crippen molar-refractivity contribution in [2.75, 3.05) is 32.9 Å². The first-order valence-electron chi connectivity index (χ1n) is 8.51. The van der Waals surface area contributed by atoms with Gasteiger partial charge in [0.1, 0.15) is 5.69 Å². The fourth-order valence-electron chi connectivity index (χ4n) is 3.78. The van der Waals surface area contributed by atoms with Gasteiger partial charge in [-0.1, -0.05) is 6.07 Å². The van der Waals surface area contributed by atoms with Gasteiger partial charge in [0.15, 0.2) is 0 Å². The summed E-state index contributed by atoms with van der Waals surface area (Å²) in [4.78, 5) is 19.0. The van der Waals surface area contributed by atoms with E-state index in [1.807, 2.05) is 23.1 Å². The Morgan fingerprint density at radius 2 is 2.32 bits per heavy atom. The molecule has 0 spiro atoms. The molecule has 2 aliphatic rings. The summed E-state index contributed by atoms with van der Waals surface area (Å²) in [5.41, 5.74) is 1.41. The molecule has 1 amide bonds. The molecule has 2 atom stereocenters. The summed E-state index contributed by atoms with van der Waals surface area (Å²) >= 11 is 0. The number of amides is 1. The number of aryl methyl sites for hydroxylation is 1. The molecule has 0 aliphatic carbocycles. The number of carbonyl (C=O) groups excluding carboxylic acids is 1. The van der Waals surface area contributed by atoms with Crippen LogP contribution in [0.3, 0.4) is 0 Å². The Kier molecular flexibility index (Phi) is 4.27. The number of hydrogen-bond acceptors (Lipinski definition) is 5. The predicted octanol–water partition coefficient (Wildman–Crippen LogP) is 1.12. The van der Waals surface area contributed by atoms with E-state index in [1.165, 1.54) is 0 Å². The molecule has 4 rings (SSSR count). The Morgan fingerprint density at radius 3 is 3.08 bits per heavy atom. The zero-order valence-electron chi connectivity index (χ0n) is 14.3. The van der Waals surface area contributed by atoms with Crippen LogP contribution in [0.2, 0.25) is 0 Å². The molecule has 132 valence electrons. The molecular formula is C18H22N4O3. The van der Waals surface area contributed by atoms with Gasteiger partial charge in [-0.05, 0) is 18.2 Å². The van der Waals surface area contributed by atoms with Crippen molar-refractivity contribution in [1.82, 2.24) is 19.7 Å². The Hall–Kier alpha value is -2.25. The van der Waals surface area contributed by atoms with Gasteiger partial charge in [0, 0.05) is 43.9 Å². The van der Waals surface area contributed by atoms with Crippen molar-refractivity contribution in [3.63, 3.8) is 0 Å². The van der Waals surface area contributed by atoms with Crippen LogP contribution in [0.4, 0.5) is 0 Å². The summed E-state index contributed by atoms with van der Waals surface area (Å²) in [6.45, 7) is 3.73. The van der Waals surface area contributed by atoms with Crippen LogP contribution in [0.1, 0.15) is 16.2 Å². The van der Waals surface area contributed by atoms with Gasteiger partial charge in [-0.3, -0.25) is 14.5 Å². The SMILES string of the molecule is Cn1nccc1C(=O)N1C[C@@H]2COC[C@]2(COCc2ccccn2)C1. The summed E-state index contributed by atoms with van der Waals surface area (Å²) in [5, 5.41) is 4.09. The summed E-state index contributed by atoms with van der Waals surface area (Å²) in [6.07, 6.45) is 3.42. The van der Waals surface area contributed by atoms with Crippen molar-refractivity contribution in [1.29, 1.82) is 0 Å². The van der Waals surface area contributed by atoms with Gasteiger partial charge in [0.2, 0.25) is 0 Å². The molecule has 2 fully saturated rings. The van der Waals surface area contributed by atoms with E-state index in [4.69, 9.17) is 9.47 Å². The van der Waals surface area contributed by atoms with Crippen molar-refractivity contribution in [3.8, 4) is 0 Å². The van der Waals surface area contributed by atoms with Gasteiger partial charge in [-0.15, -0.1) is 0 Å². The molecule has 7 heteroatoms. The molecule has 7 nitrogen and oxygen atoms in total. The minimum Gasteiger partial charge on any atom is -0.380 e. The van der Waals surface area contributed by atoms with Crippen molar-refractivity contribution >= 4 is 5.91 Å². The largest absolute Gasteiger partial charge is 0.380 e. The quantitative estimate of drug-likeness (QED) is 0.814. The molecular weight excluding hydrogens is 320 g/mol. The lowest BCUT2D eigenvalue weighted by Gasteiger charge is -2.26. The Balaban J connectivity index is 1.42. The van der Waals surface area contributed by atoms with Crippen LogP contribution in [-0.4, -0.2) is 58.5 Å². The van der Waals surface area contributed by atoms with Crippen LogP contribution in [-0.2, 0) is 23.1 Å². The van der Waals surface area contributed by atoms with E-state index < -0.39 is 0 Å². The van der Waals surface area contributed by atoms with Gasteiger partial charge < -0.3 is 14.4 Å². The van der Waals surface area contributed by atoms with E-state index >= 15 is 0 Å². The first kappa shape index (κ1) is 16.2. The molecule has 0 N–H and O–H groups in total. The highest BCUT2D eigenvalue weighted by molar-refractivity contribution is 5.92. The number of carbonyl (C=O) groups is 1. The Morgan fingerprint density at radius 1 is 1.40 bits per heavy atom. The molecule has 4 heterocycles. The molecule has 2 aromatic heterocycles. The number of pyridine rings is 1. The molecule has 2 aromatic rings. The van der Waals surface area contributed by atoms with Crippen LogP contribution >= 0.6 is 0 Å². The summed E-state index contributed by atoms with van der Waals surface area (Å²) in [5.74, 6) is 0.340. The van der Waals surface area contributed by atoms with Crippen LogP contribution in [0.5, 0.6) is 0 Å². The fourth-order valence-corrected chi connectivity index (χ4v) is 3.78. The van der Waals surface area contributed by atoms with Gasteiger partial charge in [-0.2, -0.15) is 5.10 Å². The monoisotopic (exact) mass is 342 g/mol. The lowest BCUT2D eigenvalue weighted by Crippen LogP contribution is -2.37. The van der Waals surface area contributed by atoms with Crippen molar-refractivity contribution in [2.24, 2.45) is 18.4 Å². The number of aromatic nitrogens is 3. The maximum atomic E-state index is 12.8. The number of nitrogens with zero attached hydrogens (tertiary/aromatic N) is 4. The molecule has 25 heavy (non-hydrogen) atoms. The number of hydrogen-bond donors (Lipinski definition) is 0. The Labute approximate surface area is 146 Å². The zero-order valence-corrected chi connectivity index (χ0v) is 14.3. The number of rotatable bonds is 5. The lowest BCUT2D eigenvalue weighted by atomic mass is 9.82. The van der Waals surface area contributed by atoms with Gasteiger partial charge >= 0.3 is 0 Å². The maximum absolute atomic E-state index is 12.8. The van der Waals surface area contributed by atoms with E-state index in [1.54, 1.807) is 30.2 Å². The smallest absolute Gasteiger partial charge is 0.272 e. The topological polar surface area (TPSA) is 69.5 Å². The zero-order chi connectivity index (χ0) is 17.3. The first-order valence-corrected chi connectivity index (χ1v) is 8.51. The third kappa shape index (κ3) is 3.05. The van der Waals surface area contributed by atoms with Gasteiger partial charge in [-0.25, -0.2) is 0 Å². The minimum absolute atomic E-state index is 0.0264. The standard InChI is InChI=1S/C18H22N4O3/c1-21-16(5-7-20-21)17(23)22-8-14-9-24-12-18(14,11-22)13-25-10-15-4-2-3-6-19-15/h2-7,14H,8-13H2,1H3/t14-,18+/m1/s1. The van der Waals surface area contributed by atoms with Gasteiger partial charge in [0.25, 0.3) is 5.91 Å². The predicted molar refractivity (Wildman–Crippen MR) is 89.7 cm³/mol. The minimum atomic E-state index is -0.122. The van der Waals surface area contributed by atoms with Crippen molar-refractivity contribution in [3.05, 3.63) is 48.0 Å². The fraction of sp³-hybridized carbons (Fsp3) is 0.500. The van der Waals surface area contributed by atoms with E-state index in [2.05, 4.69) is 10.1 Å². The second-order valence-corrected chi connectivity index (χ2v) is 6.91. The molecule has 0 radical (unpaired) electrons. The highest BCUT2D eigenvalue weighted by Crippen LogP contribution is 2.42. The summed E-state index contributed by atoms with van der Waals surface area (Å²) < 4.78 is 13.3. The molecule has 2 aliphatic heterocycles. The summed E-state index contributed by atoms with van der Waals surface area (Å²) in [7, 11) is 1.79. The van der Waals surface area contributed by atoms with E-state index in [0.29, 0.717) is 51.1 Å². The highest BCUT2D eigenvalue weighted by Gasteiger charge is 2.52. The second-order valence-electron chi connectivity index (χ2n) is 6.91. The van der Waals surface area contributed by atoms with Gasteiger partial charge in [0.05, 0.1) is 32.1 Å². The highest BCUT2D eigenvalue weighted by atomic mass is 16.5. The van der Waals surface area contributed by atoms with E-state index in [0.717, 1.165) is 5.69 Å². The molecule has 0 unspecified atom stereocenters. The average molecular weight is 342 g/mol. The maximum Gasteiger partial charge on any atom is 0.272 e. The normalized spacial score (nSPS) is 25.3. The average Bonchev–Trinajstić information content (AvgIpc) is 3.29. The van der Waals surface area contributed by atoms with Crippen molar-refractivity contribution in [2.45, 2.75) is 6.61 Å². The van der Waals surface area contributed by atoms with Crippen molar-refractivity contribution < 1.29 is 14.3 Å². The van der Waals surface area contributed by atoms with Crippen LogP contribution in [0.15, 0.2) is 36.7 Å². The third-order valence-electron chi connectivity index (χ3n) is 5.21. The van der Waals surface area contributed by atoms with E-state index in [9.17, 15) is 4.79 Å². The van der Waals surface area contributed by atoms with Crippen LogP contribution < -0.4 is 0 Å². The Bertz CT molecular complexity index is 748. The number of likely N-dealkylation sites (tertiary alicyclic amines) is 1. The molecule has 2 saturated heterocycles. The van der Waals surface area contributed by atoms with Crippen LogP contribution in [0, 0.1) is 11.3 Å². The molecule has 0 saturated carbocycles. The number of fused-ring (bicyclic) bond motifs is 1. The molecule has 0 aromatic carbocycles. The van der Waals surface area contributed by atoms with E-state index in [-0.39, 0.29) is 11.3 Å². The van der Waals surface area contributed by atoms with Crippen LogP contribution in [0.25, 0.3) is 0 Å². The lowest BCUT2D eigenvalue weighted by molar-refractivity contribution is 0.0174. The molecule has 0 bridgehead atoms. The third-order valence-corrected chi connectivity index (χ3v) is 5.21. The summed E-state index contributed by atoms with van der Waals surface area (Å²) in [6, 6.07) is 7.56. The first-order chi connectivity index (χ1) is 12.2.